The molecule has 4 heteroatoms. The monoisotopic (exact) mass is 242 g/mol. The Labute approximate surface area is 102 Å². The summed E-state index contributed by atoms with van der Waals surface area (Å²) in [6.45, 7) is 4.94. The molecule has 1 aliphatic heterocycles. The van der Waals surface area contributed by atoms with Crippen LogP contribution in [0.5, 0.6) is 0 Å². The summed E-state index contributed by atoms with van der Waals surface area (Å²) in [5.41, 5.74) is -1.96. The van der Waals surface area contributed by atoms with Crippen LogP contribution in [0.3, 0.4) is 0 Å². The average Bonchev–Trinajstić information content (AvgIpc) is 2.73. The van der Waals surface area contributed by atoms with Gasteiger partial charge in [-0.3, -0.25) is 4.79 Å². The van der Waals surface area contributed by atoms with Gasteiger partial charge in [-0.2, -0.15) is 0 Å². The van der Waals surface area contributed by atoms with Gasteiger partial charge in [0, 0.05) is 6.61 Å². The second-order valence-corrected chi connectivity index (χ2v) is 6.39. The van der Waals surface area contributed by atoms with E-state index in [1.54, 1.807) is 0 Å². The van der Waals surface area contributed by atoms with Crippen LogP contribution in [0.1, 0.15) is 46.0 Å². The van der Waals surface area contributed by atoms with Crippen LogP contribution in [0.25, 0.3) is 0 Å². The molecule has 0 amide bonds. The lowest BCUT2D eigenvalue weighted by Crippen LogP contribution is -2.56. The standard InChI is InChI=1S/C13H22O4/c1-11(2)3-5-13(16,6-4-11)12(10(14)15)7-8-17-9-12/h16H,3-9H2,1-2H3,(H,14,15). The predicted octanol–water partition coefficient (Wildman–Crippen LogP) is 1.81. The Balaban J connectivity index is 2.22. The molecule has 0 spiro atoms. The Morgan fingerprint density at radius 3 is 2.12 bits per heavy atom. The number of carboxylic acids is 1. The van der Waals surface area contributed by atoms with Crippen LogP contribution in [0, 0.1) is 10.8 Å². The predicted molar refractivity (Wildman–Crippen MR) is 62.7 cm³/mol. The second kappa shape index (κ2) is 3.95. The maximum Gasteiger partial charge on any atom is 0.315 e. The van der Waals surface area contributed by atoms with E-state index in [4.69, 9.17) is 4.74 Å². The van der Waals surface area contributed by atoms with Crippen molar-refractivity contribution in [1.82, 2.24) is 0 Å². The van der Waals surface area contributed by atoms with Gasteiger partial charge in [-0.05, 0) is 37.5 Å². The summed E-state index contributed by atoms with van der Waals surface area (Å²) in [7, 11) is 0. The second-order valence-electron chi connectivity index (χ2n) is 6.39. The Morgan fingerprint density at radius 1 is 1.12 bits per heavy atom. The maximum atomic E-state index is 11.5. The molecule has 0 aromatic rings. The highest BCUT2D eigenvalue weighted by atomic mass is 16.5. The number of rotatable bonds is 2. The molecule has 98 valence electrons. The van der Waals surface area contributed by atoms with Crippen molar-refractivity contribution in [2.75, 3.05) is 13.2 Å². The van der Waals surface area contributed by atoms with E-state index < -0.39 is 17.0 Å². The zero-order valence-electron chi connectivity index (χ0n) is 10.7. The largest absolute Gasteiger partial charge is 0.481 e. The number of aliphatic hydroxyl groups is 1. The van der Waals surface area contributed by atoms with E-state index in [-0.39, 0.29) is 12.0 Å². The molecular weight excluding hydrogens is 220 g/mol. The maximum absolute atomic E-state index is 11.5. The third-order valence-electron chi connectivity index (χ3n) is 4.75. The summed E-state index contributed by atoms with van der Waals surface area (Å²) in [6.07, 6.45) is 3.31. The highest BCUT2D eigenvalue weighted by Crippen LogP contribution is 2.51. The minimum atomic E-state index is -1.09. The molecule has 0 radical (unpaired) electrons. The first-order valence-electron chi connectivity index (χ1n) is 6.35. The van der Waals surface area contributed by atoms with Gasteiger partial charge in [-0.25, -0.2) is 0 Å². The molecule has 17 heavy (non-hydrogen) atoms. The minimum Gasteiger partial charge on any atom is -0.481 e. The first-order chi connectivity index (χ1) is 7.81. The van der Waals surface area contributed by atoms with Crippen LogP contribution in [-0.4, -0.2) is 35.0 Å². The van der Waals surface area contributed by atoms with Gasteiger partial charge in [0.1, 0.15) is 5.41 Å². The molecule has 2 aliphatic rings. The number of carboxylic acid groups (broad SMARTS) is 1. The van der Waals surface area contributed by atoms with Gasteiger partial charge in [0.2, 0.25) is 0 Å². The van der Waals surface area contributed by atoms with Crippen molar-refractivity contribution in [3.8, 4) is 0 Å². The van der Waals surface area contributed by atoms with Crippen LogP contribution < -0.4 is 0 Å². The van der Waals surface area contributed by atoms with Gasteiger partial charge in [-0.15, -0.1) is 0 Å². The number of ether oxygens (including phenoxy) is 1. The van der Waals surface area contributed by atoms with Crippen molar-refractivity contribution in [3.05, 3.63) is 0 Å². The van der Waals surface area contributed by atoms with Gasteiger partial charge >= 0.3 is 5.97 Å². The normalized spacial score (nSPS) is 35.7. The fourth-order valence-electron chi connectivity index (χ4n) is 3.12. The Bertz CT molecular complexity index is 305. The Morgan fingerprint density at radius 2 is 1.71 bits per heavy atom. The topological polar surface area (TPSA) is 66.8 Å². The summed E-state index contributed by atoms with van der Waals surface area (Å²) >= 11 is 0. The Hall–Kier alpha value is -0.610. The molecule has 0 aromatic carbocycles. The van der Waals surface area contributed by atoms with Gasteiger partial charge in [-0.1, -0.05) is 13.8 Å². The minimum absolute atomic E-state index is 0.152. The molecule has 1 heterocycles. The summed E-state index contributed by atoms with van der Waals surface area (Å²) in [4.78, 5) is 11.5. The molecule has 2 fully saturated rings. The molecule has 2 N–H and O–H groups in total. The molecule has 1 unspecified atom stereocenters. The van der Waals surface area contributed by atoms with Crippen LogP contribution in [0.15, 0.2) is 0 Å². The fraction of sp³-hybridized carbons (Fsp3) is 0.923. The number of aliphatic carboxylic acids is 1. The highest BCUT2D eigenvalue weighted by molar-refractivity contribution is 5.77. The number of carbonyl (C=O) groups is 1. The molecular formula is C13H22O4. The van der Waals surface area contributed by atoms with Gasteiger partial charge in [0.25, 0.3) is 0 Å². The van der Waals surface area contributed by atoms with Crippen molar-refractivity contribution >= 4 is 5.97 Å². The Kier molecular flexibility index (Phi) is 2.99. The van der Waals surface area contributed by atoms with E-state index >= 15 is 0 Å². The van der Waals surface area contributed by atoms with Crippen LogP contribution in [-0.2, 0) is 9.53 Å². The zero-order valence-corrected chi connectivity index (χ0v) is 10.7. The number of hydrogen-bond acceptors (Lipinski definition) is 3. The lowest BCUT2D eigenvalue weighted by molar-refractivity contribution is -0.178. The molecule has 1 saturated heterocycles. The SMILES string of the molecule is CC1(C)CCC(O)(C2(C(=O)O)CCOC2)CC1. The van der Waals surface area contributed by atoms with E-state index in [0.717, 1.165) is 12.8 Å². The van der Waals surface area contributed by atoms with Crippen LogP contribution in [0.2, 0.25) is 0 Å². The van der Waals surface area contributed by atoms with Gasteiger partial charge < -0.3 is 14.9 Å². The molecule has 0 aromatic heterocycles. The van der Waals surface area contributed by atoms with E-state index in [0.29, 0.717) is 25.9 Å². The van der Waals surface area contributed by atoms with Crippen molar-refractivity contribution in [2.24, 2.45) is 10.8 Å². The van der Waals surface area contributed by atoms with Gasteiger partial charge in [0.05, 0.1) is 12.2 Å². The smallest absolute Gasteiger partial charge is 0.315 e. The molecule has 1 atom stereocenters. The van der Waals surface area contributed by atoms with Crippen molar-refractivity contribution in [1.29, 1.82) is 0 Å². The fourth-order valence-corrected chi connectivity index (χ4v) is 3.12. The molecule has 0 bridgehead atoms. The summed E-state index contributed by atoms with van der Waals surface area (Å²) in [6, 6.07) is 0. The van der Waals surface area contributed by atoms with Gasteiger partial charge in [0.15, 0.2) is 0 Å². The quantitative estimate of drug-likeness (QED) is 0.775. The van der Waals surface area contributed by atoms with E-state index in [1.165, 1.54) is 0 Å². The summed E-state index contributed by atoms with van der Waals surface area (Å²) < 4.78 is 5.25. The first-order valence-corrected chi connectivity index (χ1v) is 6.35. The third kappa shape index (κ3) is 1.97. The third-order valence-corrected chi connectivity index (χ3v) is 4.75. The lowest BCUT2D eigenvalue weighted by Gasteiger charge is -2.47. The zero-order chi connectivity index (χ0) is 12.7. The van der Waals surface area contributed by atoms with Crippen molar-refractivity contribution in [3.63, 3.8) is 0 Å². The van der Waals surface area contributed by atoms with E-state index in [1.807, 2.05) is 0 Å². The first kappa shape index (κ1) is 12.8. The van der Waals surface area contributed by atoms with Crippen molar-refractivity contribution in [2.45, 2.75) is 51.6 Å². The molecule has 2 rings (SSSR count). The summed E-state index contributed by atoms with van der Waals surface area (Å²) in [5.74, 6) is -0.905. The molecule has 1 aliphatic carbocycles. The van der Waals surface area contributed by atoms with Crippen LogP contribution >= 0.6 is 0 Å². The van der Waals surface area contributed by atoms with E-state index in [9.17, 15) is 15.0 Å². The summed E-state index contributed by atoms with van der Waals surface area (Å²) in [5, 5.41) is 20.2. The van der Waals surface area contributed by atoms with Crippen LogP contribution in [0.4, 0.5) is 0 Å². The lowest BCUT2D eigenvalue weighted by atomic mass is 9.60. The molecule has 1 saturated carbocycles. The number of hydrogen-bond donors (Lipinski definition) is 2. The highest BCUT2D eigenvalue weighted by Gasteiger charge is 2.59. The van der Waals surface area contributed by atoms with E-state index in [2.05, 4.69) is 13.8 Å². The molecule has 4 nitrogen and oxygen atoms in total. The average molecular weight is 242 g/mol. The van der Waals surface area contributed by atoms with Crippen molar-refractivity contribution < 1.29 is 19.7 Å².